The minimum Gasteiger partial charge on any atom is -0.388 e. The molecule has 1 aromatic rings. The number of carbonyl (C=O) groups excluding carboxylic acids is 1. The summed E-state index contributed by atoms with van der Waals surface area (Å²) in [6.07, 6.45) is 2.42. The average Bonchev–Trinajstić information content (AvgIpc) is 2.64. The Balaban J connectivity index is 2.08. The van der Waals surface area contributed by atoms with Crippen LogP contribution < -0.4 is 16.0 Å². The van der Waals surface area contributed by atoms with E-state index in [9.17, 15) is 4.79 Å². The van der Waals surface area contributed by atoms with Gasteiger partial charge in [-0.25, -0.2) is 0 Å². The van der Waals surface area contributed by atoms with Crippen molar-refractivity contribution in [3.05, 3.63) is 23.8 Å². The maximum Gasteiger partial charge on any atom is 0.231 e. The summed E-state index contributed by atoms with van der Waals surface area (Å²) >= 11 is 0. The van der Waals surface area contributed by atoms with E-state index in [0.717, 1.165) is 36.3 Å². The molecule has 0 fully saturated rings. The highest BCUT2D eigenvalue weighted by Gasteiger charge is 2.26. The molecule has 3 N–H and O–H groups in total. The topological polar surface area (TPSA) is 58.4 Å². The zero-order valence-corrected chi connectivity index (χ0v) is 11.1. The molecule has 1 unspecified atom stereocenters. The highest BCUT2D eigenvalue weighted by Crippen LogP contribution is 2.31. The first-order valence-corrected chi connectivity index (χ1v) is 6.48. The van der Waals surface area contributed by atoms with Gasteiger partial charge in [-0.3, -0.25) is 4.79 Å². The van der Waals surface area contributed by atoms with Crippen molar-refractivity contribution < 1.29 is 4.79 Å². The Bertz CT molecular complexity index is 443. The van der Waals surface area contributed by atoms with Crippen LogP contribution >= 0.6 is 0 Å². The summed E-state index contributed by atoms with van der Waals surface area (Å²) in [5.41, 5.74) is 8.96. The number of hydrogen-bond donors (Lipinski definition) is 2. The molecule has 4 heteroatoms. The van der Waals surface area contributed by atoms with Gasteiger partial charge < -0.3 is 16.0 Å². The van der Waals surface area contributed by atoms with E-state index < -0.39 is 0 Å². The summed E-state index contributed by atoms with van der Waals surface area (Å²) in [5.74, 6) is 0.197. The molecule has 4 nitrogen and oxygen atoms in total. The van der Waals surface area contributed by atoms with Crippen molar-refractivity contribution in [1.29, 1.82) is 0 Å². The Morgan fingerprint density at radius 1 is 1.50 bits per heavy atom. The molecule has 1 aromatic carbocycles. The lowest BCUT2D eigenvalue weighted by Crippen LogP contribution is -2.29. The molecule has 0 aliphatic carbocycles. The monoisotopic (exact) mass is 247 g/mol. The molecule has 0 aromatic heterocycles. The predicted octanol–water partition coefficient (Wildman–Crippen LogP) is 1.74. The number of nitrogens with zero attached hydrogens (tertiary/aromatic N) is 1. The molecule has 0 saturated carbocycles. The van der Waals surface area contributed by atoms with Crippen molar-refractivity contribution in [3.8, 4) is 0 Å². The second-order valence-corrected chi connectivity index (χ2v) is 4.94. The highest BCUT2D eigenvalue weighted by atomic mass is 16.2. The fourth-order valence-corrected chi connectivity index (χ4v) is 2.36. The van der Waals surface area contributed by atoms with Crippen molar-refractivity contribution in [2.45, 2.75) is 32.2 Å². The molecule has 98 valence electrons. The molecular weight excluding hydrogens is 226 g/mol. The molecule has 0 radical (unpaired) electrons. The van der Waals surface area contributed by atoms with Crippen LogP contribution in [0.4, 0.5) is 11.4 Å². The van der Waals surface area contributed by atoms with Gasteiger partial charge in [0.2, 0.25) is 5.91 Å². The van der Waals surface area contributed by atoms with E-state index in [4.69, 9.17) is 5.73 Å². The SMILES string of the molecule is CNc1ccc2c(c1)CC(=O)N2CCCC(C)N. The number of anilines is 2. The van der Waals surface area contributed by atoms with Crippen molar-refractivity contribution in [1.82, 2.24) is 0 Å². The number of nitrogens with two attached hydrogens (primary N) is 1. The first-order valence-electron chi connectivity index (χ1n) is 6.48. The molecule has 18 heavy (non-hydrogen) atoms. The Morgan fingerprint density at radius 3 is 2.94 bits per heavy atom. The molecular formula is C14H21N3O. The van der Waals surface area contributed by atoms with Gasteiger partial charge in [-0.05, 0) is 43.5 Å². The number of carbonyl (C=O) groups is 1. The number of hydrogen-bond acceptors (Lipinski definition) is 3. The second-order valence-electron chi connectivity index (χ2n) is 4.94. The normalized spacial score (nSPS) is 15.7. The minimum absolute atomic E-state index is 0.197. The standard InChI is InChI=1S/C14H21N3O/c1-10(15)4-3-7-17-13-6-5-12(16-2)8-11(13)9-14(17)18/h5-6,8,10,16H,3-4,7,9,15H2,1-2H3. The van der Waals surface area contributed by atoms with Gasteiger partial charge in [0.15, 0.2) is 0 Å². The second kappa shape index (κ2) is 5.40. The summed E-state index contributed by atoms with van der Waals surface area (Å²) in [7, 11) is 1.89. The third kappa shape index (κ3) is 2.64. The quantitative estimate of drug-likeness (QED) is 0.833. The molecule has 0 spiro atoms. The van der Waals surface area contributed by atoms with Crippen molar-refractivity contribution >= 4 is 17.3 Å². The van der Waals surface area contributed by atoms with Gasteiger partial charge in [0, 0.05) is 31.0 Å². The number of rotatable bonds is 5. The van der Waals surface area contributed by atoms with E-state index in [0.29, 0.717) is 6.42 Å². The Kier molecular flexibility index (Phi) is 3.87. The molecule has 1 heterocycles. The van der Waals surface area contributed by atoms with Crippen LogP contribution in [0.15, 0.2) is 18.2 Å². The maximum absolute atomic E-state index is 12.0. The first-order chi connectivity index (χ1) is 8.61. The summed E-state index contributed by atoms with van der Waals surface area (Å²) < 4.78 is 0. The Labute approximate surface area is 108 Å². The van der Waals surface area contributed by atoms with Gasteiger partial charge in [0.25, 0.3) is 0 Å². The van der Waals surface area contributed by atoms with Crippen molar-refractivity contribution in [2.24, 2.45) is 5.73 Å². The molecule has 1 aliphatic heterocycles. The third-order valence-electron chi connectivity index (χ3n) is 3.34. The largest absolute Gasteiger partial charge is 0.388 e. The van der Waals surface area contributed by atoms with E-state index in [2.05, 4.69) is 11.4 Å². The minimum atomic E-state index is 0.197. The summed E-state index contributed by atoms with van der Waals surface area (Å²) in [4.78, 5) is 13.9. The smallest absolute Gasteiger partial charge is 0.231 e. The zero-order valence-electron chi connectivity index (χ0n) is 11.1. The van der Waals surface area contributed by atoms with Gasteiger partial charge in [0.1, 0.15) is 0 Å². The van der Waals surface area contributed by atoms with Gasteiger partial charge >= 0.3 is 0 Å². The predicted molar refractivity (Wildman–Crippen MR) is 74.9 cm³/mol. The molecule has 1 atom stereocenters. The number of amides is 1. The van der Waals surface area contributed by atoms with Crippen LogP contribution in [0.25, 0.3) is 0 Å². The summed E-state index contributed by atoms with van der Waals surface area (Å²) in [5, 5.41) is 3.10. The van der Waals surface area contributed by atoms with Crippen LogP contribution in [0.5, 0.6) is 0 Å². The molecule has 2 rings (SSSR count). The van der Waals surface area contributed by atoms with Crippen molar-refractivity contribution in [3.63, 3.8) is 0 Å². The average molecular weight is 247 g/mol. The molecule has 0 bridgehead atoms. The lowest BCUT2D eigenvalue weighted by molar-refractivity contribution is -0.117. The van der Waals surface area contributed by atoms with E-state index in [1.807, 2.05) is 31.0 Å². The number of nitrogens with one attached hydrogen (secondary N) is 1. The summed E-state index contributed by atoms with van der Waals surface area (Å²) in [6.45, 7) is 2.77. The Morgan fingerprint density at radius 2 is 2.28 bits per heavy atom. The van der Waals surface area contributed by atoms with Crippen LogP contribution in [0.1, 0.15) is 25.3 Å². The number of fused-ring (bicyclic) bond motifs is 1. The van der Waals surface area contributed by atoms with Gasteiger partial charge in [-0.2, -0.15) is 0 Å². The van der Waals surface area contributed by atoms with E-state index in [1.165, 1.54) is 0 Å². The van der Waals surface area contributed by atoms with Crippen LogP contribution in [-0.2, 0) is 11.2 Å². The van der Waals surface area contributed by atoms with Crippen molar-refractivity contribution in [2.75, 3.05) is 23.8 Å². The lowest BCUT2D eigenvalue weighted by Gasteiger charge is -2.18. The zero-order chi connectivity index (χ0) is 13.1. The van der Waals surface area contributed by atoms with E-state index in [-0.39, 0.29) is 11.9 Å². The van der Waals surface area contributed by atoms with E-state index >= 15 is 0 Å². The van der Waals surface area contributed by atoms with Crippen LogP contribution in [0.2, 0.25) is 0 Å². The Hall–Kier alpha value is -1.55. The highest BCUT2D eigenvalue weighted by molar-refractivity contribution is 6.01. The number of benzene rings is 1. The van der Waals surface area contributed by atoms with Gasteiger partial charge in [0.05, 0.1) is 6.42 Å². The van der Waals surface area contributed by atoms with Crippen LogP contribution in [-0.4, -0.2) is 25.5 Å². The lowest BCUT2D eigenvalue weighted by atomic mass is 10.1. The van der Waals surface area contributed by atoms with E-state index in [1.54, 1.807) is 0 Å². The van der Waals surface area contributed by atoms with Crippen LogP contribution in [0, 0.1) is 0 Å². The first kappa shape index (κ1) is 12.9. The summed E-state index contributed by atoms with van der Waals surface area (Å²) in [6, 6.07) is 6.29. The van der Waals surface area contributed by atoms with Gasteiger partial charge in [-0.1, -0.05) is 0 Å². The van der Waals surface area contributed by atoms with Crippen LogP contribution in [0.3, 0.4) is 0 Å². The fourth-order valence-electron chi connectivity index (χ4n) is 2.36. The molecule has 1 amide bonds. The van der Waals surface area contributed by atoms with Gasteiger partial charge in [-0.15, -0.1) is 0 Å². The maximum atomic E-state index is 12.0. The fraction of sp³-hybridized carbons (Fsp3) is 0.500. The third-order valence-corrected chi connectivity index (χ3v) is 3.34. The molecule has 0 saturated heterocycles. The molecule has 1 aliphatic rings.